The van der Waals surface area contributed by atoms with Gasteiger partial charge in [0.15, 0.2) is 0 Å². The molecule has 2 amide bonds. The van der Waals surface area contributed by atoms with Gasteiger partial charge in [0.1, 0.15) is 0 Å². The van der Waals surface area contributed by atoms with E-state index in [2.05, 4.69) is 70.2 Å². The molecule has 0 spiro atoms. The predicted octanol–water partition coefficient (Wildman–Crippen LogP) is 1.83. The minimum absolute atomic E-state index is 0.106. The highest BCUT2D eigenvalue weighted by Crippen LogP contribution is 2.29. The first-order valence-corrected chi connectivity index (χ1v) is 11.3. The van der Waals surface area contributed by atoms with Crippen molar-refractivity contribution in [3.05, 3.63) is 60.2 Å². The summed E-state index contributed by atoms with van der Waals surface area (Å²) >= 11 is 0. The molecule has 0 radical (unpaired) electrons. The summed E-state index contributed by atoms with van der Waals surface area (Å²) in [6.07, 6.45) is 4.20. The van der Waals surface area contributed by atoms with Crippen LogP contribution in [0, 0.1) is 0 Å². The maximum absolute atomic E-state index is 12.0. The number of piperidine rings is 1. The van der Waals surface area contributed by atoms with E-state index in [9.17, 15) is 14.4 Å². The van der Waals surface area contributed by atoms with Gasteiger partial charge in [-0.2, -0.15) is 0 Å². The molecule has 0 saturated carbocycles. The second-order valence-electron chi connectivity index (χ2n) is 8.26. The van der Waals surface area contributed by atoms with Gasteiger partial charge in [-0.05, 0) is 36.1 Å². The van der Waals surface area contributed by atoms with Gasteiger partial charge in [0, 0.05) is 37.8 Å². The van der Waals surface area contributed by atoms with Crippen molar-refractivity contribution < 1.29 is 19.5 Å². The van der Waals surface area contributed by atoms with E-state index in [1.165, 1.54) is 22.4 Å². The number of carboxylic acid groups (broad SMARTS) is 1. The average Bonchev–Trinajstić information content (AvgIpc) is 2.83. The van der Waals surface area contributed by atoms with Crippen molar-refractivity contribution in [2.24, 2.45) is 0 Å². The second-order valence-corrected chi connectivity index (χ2v) is 8.26. The number of carbonyl (C=O) groups excluding carboxylic acids is 2. The number of nitrogens with one attached hydrogen (secondary N) is 3. The Kier molecular flexibility index (Phi) is 8.97. The van der Waals surface area contributed by atoms with E-state index in [1.807, 2.05) is 0 Å². The van der Waals surface area contributed by atoms with Crippen LogP contribution in [0.5, 0.6) is 0 Å². The molecule has 8 heteroatoms. The molecule has 33 heavy (non-hydrogen) atoms. The largest absolute Gasteiger partial charge is 0.478 e. The van der Waals surface area contributed by atoms with Crippen molar-refractivity contribution in [3.63, 3.8) is 0 Å². The molecule has 3 rings (SSSR count). The van der Waals surface area contributed by atoms with E-state index < -0.39 is 5.97 Å². The minimum Gasteiger partial charge on any atom is -0.478 e. The van der Waals surface area contributed by atoms with Gasteiger partial charge in [-0.3, -0.25) is 14.5 Å². The van der Waals surface area contributed by atoms with Gasteiger partial charge in [-0.15, -0.1) is 0 Å². The zero-order chi connectivity index (χ0) is 23.6. The summed E-state index contributed by atoms with van der Waals surface area (Å²) in [7, 11) is 0. The van der Waals surface area contributed by atoms with Crippen molar-refractivity contribution in [3.8, 4) is 0 Å². The Labute approximate surface area is 194 Å². The number of carbonyl (C=O) groups is 3. The van der Waals surface area contributed by atoms with Gasteiger partial charge >= 0.3 is 5.97 Å². The zero-order valence-corrected chi connectivity index (χ0v) is 18.9. The standard InChI is InChI=1S/C25H32N4O4/c1-18(21-9-4-7-19-6-2-3-8-22(19)21)29-14-11-20(12-15-29)27-16-24(31)28-17-23(30)26-13-5-10-25(32)33/h2-10,18,20,27H,11-17H2,1H3,(H,26,30)(H,28,31)(H,32,33)/b10-5+. The molecule has 176 valence electrons. The van der Waals surface area contributed by atoms with Gasteiger partial charge < -0.3 is 21.1 Å². The molecule has 1 heterocycles. The normalized spacial score (nSPS) is 16.0. The molecular weight excluding hydrogens is 420 g/mol. The van der Waals surface area contributed by atoms with Gasteiger partial charge in [-0.25, -0.2) is 4.79 Å². The van der Waals surface area contributed by atoms with E-state index in [1.54, 1.807) is 0 Å². The third-order valence-corrected chi connectivity index (χ3v) is 6.03. The highest BCUT2D eigenvalue weighted by atomic mass is 16.4. The molecule has 1 saturated heterocycles. The van der Waals surface area contributed by atoms with Crippen LogP contribution in [0.3, 0.4) is 0 Å². The second kappa shape index (κ2) is 12.1. The Morgan fingerprint density at radius 3 is 2.48 bits per heavy atom. The predicted molar refractivity (Wildman–Crippen MR) is 128 cm³/mol. The summed E-state index contributed by atoms with van der Waals surface area (Å²) in [6.45, 7) is 4.30. The van der Waals surface area contributed by atoms with Crippen LogP contribution in [-0.4, -0.2) is 66.6 Å². The van der Waals surface area contributed by atoms with E-state index in [4.69, 9.17) is 5.11 Å². The number of fused-ring (bicyclic) bond motifs is 1. The highest BCUT2D eigenvalue weighted by Gasteiger charge is 2.24. The molecular formula is C25H32N4O4. The van der Waals surface area contributed by atoms with Crippen LogP contribution in [0.1, 0.15) is 31.4 Å². The van der Waals surface area contributed by atoms with Gasteiger partial charge in [-0.1, -0.05) is 48.5 Å². The third kappa shape index (κ3) is 7.40. The monoisotopic (exact) mass is 452 g/mol. The fourth-order valence-electron chi connectivity index (χ4n) is 4.18. The lowest BCUT2D eigenvalue weighted by Gasteiger charge is -2.37. The van der Waals surface area contributed by atoms with Crippen LogP contribution in [0.15, 0.2) is 54.6 Å². The molecule has 8 nitrogen and oxygen atoms in total. The van der Waals surface area contributed by atoms with Gasteiger partial charge in [0.2, 0.25) is 11.8 Å². The minimum atomic E-state index is -1.07. The molecule has 1 fully saturated rings. The fourth-order valence-corrected chi connectivity index (χ4v) is 4.18. The lowest BCUT2D eigenvalue weighted by molar-refractivity contribution is -0.131. The first-order chi connectivity index (χ1) is 15.9. The Morgan fingerprint density at radius 1 is 1.03 bits per heavy atom. The molecule has 4 N–H and O–H groups in total. The number of hydrogen-bond acceptors (Lipinski definition) is 5. The third-order valence-electron chi connectivity index (χ3n) is 6.03. The van der Waals surface area contributed by atoms with Crippen molar-refractivity contribution in [2.75, 3.05) is 32.7 Å². The first-order valence-electron chi connectivity index (χ1n) is 11.3. The van der Waals surface area contributed by atoms with Gasteiger partial charge in [0.25, 0.3) is 0 Å². The SMILES string of the molecule is CC(c1cccc2ccccc12)N1CCC(NCC(=O)NCC(=O)NC/C=C/C(=O)O)CC1. The van der Waals surface area contributed by atoms with Crippen LogP contribution < -0.4 is 16.0 Å². The number of rotatable bonds is 10. The Balaban J connectivity index is 1.37. The van der Waals surface area contributed by atoms with Crippen LogP contribution in [0.4, 0.5) is 0 Å². The van der Waals surface area contributed by atoms with Crippen LogP contribution in [0.2, 0.25) is 0 Å². The fraction of sp³-hybridized carbons (Fsp3) is 0.400. The molecule has 0 aliphatic carbocycles. The highest BCUT2D eigenvalue weighted by molar-refractivity contribution is 5.86. The van der Waals surface area contributed by atoms with Gasteiger partial charge in [0.05, 0.1) is 13.1 Å². The maximum atomic E-state index is 12.0. The quantitative estimate of drug-likeness (QED) is 0.410. The number of nitrogens with zero attached hydrogens (tertiary/aromatic N) is 1. The molecule has 0 bridgehead atoms. The molecule has 1 unspecified atom stereocenters. The molecule has 1 aliphatic rings. The number of carboxylic acids is 1. The van der Waals surface area contributed by atoms with Crippen LogP contribution in [0.25, 0.3) is 10.8 Å². The Hall–Kier alpha value is -3.23. The summed E-state index contributed by atoms with van der Waals surface area (Å²) in [5.74, 6) is -1.68. The smallest absolute Gasteiger partial charge is 0.328 e. The first kappa shape index (κ1) is 24.4. The van der Waals surface area contributed by atoms with E-state index in [0.717, 1.165) is 32.0 Å². The van der Waals surface area contributed by atoms with E-state index in [0.29, 0.717) is 6.04 Å². The van der Waals surface area contributed by atoms with Crippen molar-refractivity contribution in [1.29, 1.82) is 0 Å². The zero-order valence-electron chi connectivity index (χ0n) is 18.9. The molecule has 2 aromatic carbocycles. The summed E-state index contributed by atoms with van der Waals surface area (Å²) in [5, 5.41) is 19.4. The van der Waals surface area contributed by atoms with Crippen LogP contribution >= 0.6 is 0 Å². The van der Waals surface area contributed by atoms with E-state index >= 15 is 0 Å². The van der Waals surface area contributed by atoms with Crippen LogP contribution in [-0.2, 0) is 14.4 Å². The lowest BCUT2D eigenvalue weighted by Crippen LogP contribution is -2.47. The molecule has 2 aromatic rings. The summed E-state index contributed by atoms with van der Waals surface area (Å²) < 4.78 is 0. The Morgan fingerprint density at radius 2 is 1.73 bits per heavy atom. The topological polar surface area (TPSA) is 111 Å². The summed E-state index contributed by atoms with van der Waals surface area (Å²) in [5.41, 5.74) is 1.34. The summed E-state index contributed by atoms with van der Waals surface area (Å²) in [6, 6.07) is 15.5. The van der Waals surface area contributed by atoms with Crippen molar-refractivity contribution in [1.82, 2.24) is 20.9 Å². The number of likely N-dealkylation sites (tertiary alicyclic amines) is 1. The van der Waals surface area contributed by atoms with Crippen molar-refractivity contribution >= 4 is 28.6 Å². The number of aliphatic carboxylic acids is 1. The number of hydrogen-bond donors (Lipinski definition) is 4. The Bertz CT molecular complexity index is 994. The summed E-state index contributed by atoms with van der Waals surface area (Å²) in [4.78, 5) is 36.5. The van der Waals surface area contributed by atoms with E-state index in [-0.39, 0.29) is 37.5 Å². The molecule has 0 aromatic heterocycles. The van der Waals surface area contributed by atoms with Crippen molar-refractivity contribution in [2.45, 2.75) is 31.8 Å². The average molecular weight is 453 g/mol. The maximum Gasteiger partial charge on any atom is 0.328 e. The number of amides is 2. The lowest BCUT2D eigenvalue weighted by atomic mass is 9.96. The molecule has 1 aliphatic heterocycles. The molecule has 1 atom stereocenters. The number of benzene rings is 2.